The van der Waals surface area contributed by atoms with Crippen LogP contribution in [0.3, 0.4) is 0 Å². The zero-order valence-corrected chi connectivity index (χ0v) is 21.9. The van der Waals surface area contributed by atoms with Crippen molar-refractivity contribution in [2.75, 3.05) is 39.1 Å². The van der Waals surface area contributed by atoms with Gasteiger partial charge in [0.2, 0.25) is 5.88 Å². The third-order valence-corrected chi connectivity index (χ3v) is 7.51. The van der Waals surface area contributed by atoms with Gasteiger partial charge in [0.1, 0.15) is 5.56 Å². The average molecular weight is 520 g/mol. The van der Waals surface area contributed by atoms with Gasteiger partial charge in [-0.05, 0) is 56.5 Å². The Morgan fingerprint density at radius 1 is 1.13 bits per heavy atom. The molecule has 4 heterocycles. The van der Waals surface area contributed by atoms with Gasteiger partial charge in [0.25, 0.3) is 5.91 Å². The highest BCUT2D eigenvalue weighted by Crippen LogP contribution is 2.35. The number of ether oxygens (including phenoxy) is 1. The van der Waals surface area contributed by atoms with E-state index in [0.717, 1.165) is 48.8 Å². The first-order chi connectivity index (χ1) is 18.2. The van der Waals surface area contributed by atoms with Crippen molar-refractivity contribution in [3.63, 3.8) is 0 Å². The van der Waals surface area contributed by atoms with Gasteiger partial charge in [-0.15, -0.1) is 0 Å². The average Bonchev–Trinajstić information content (AvgIpc) is 3.53. The molecule has 2 fully saturated rings. The fraction of sp³-hybridized carbons (Fsp3) is 0.444. The van der Waals surface area contributed by atoms with Gasteiger partial charge in [-0.3, -0.25) is 19.1 Å². The fourth-order valence-corrected chi connectivity index (χ4v) is 5.47. The number of nitrogens with one attached hydrogen (secondary N) is 1. The molecule has 2 saturated heterocycles. The number of hydrogen-bond donors (Lipinski definition) is 2. The molecule has 0 radical (unpaired) electrons. The number of carbonyl (C=O) groups excluding carboxylic acids is 3. The molecule has 3 atom stereocenters. The van der Waals surface area contributed by atoms with Crippen molar-refractivity contribution < 1.29 is 19.1 Å². The maximum absolute atomic E-state index is 13.4. The highest BCUT2D eigenvalue weighted by molar-refractivity contribution is 6.39. The lowest BCUT2D eigenvalue weighted by Crippen LogP contribution is -2.46. The van der Waals surface area contributed by atoms with Crippen LogP contribution in [0.5, 0.6) is 5.88 Å². The van der Waals surface area contributed by atoms with Crippen LogP contribution < -0.4 is 15.8 Å². The number of nitrogens with zero attached hydrogens (tertiary/aromatic N) is 5. The number of benzene rings is 1. The molecule has 0 unspecified atom stereocenters. The molecular formula is C27H33N7O4. The molecule has 11 heteroatoms. The molecule has 0 bridgehead atoms. The number of likely N-dealkylation sites (N-methyl/N-ethyl adjacent to an activating group) is 1. The summed E-state index contributed by atoms with van der Waals surface area (Å²) in [6.45, 7) is 4.57. The molecule has 2 aliphatic heterocycles. The predicted molar refractivity (Wildman–Crippen MR) is 142 cm³/mol. The van der Waals surface area contributed by atoms with Crippen LogP contribution in [0.2, 0.25) is 0 Å². The van der Waals surface area contributed by atoms with E-state index < -0.39 is 17.7 Å². The zero-order valence-electron chi connectivity index (χ0n) is 21.9. The number of likely N-dealkylation sites (tertiary alicyclic amines) is 2. The Kier molecular flexibility index (Phi) is 7.02. The summed E-state index contributed by atoms with van der Waals surface area (Å²) < 4.78 is 7.10. The lowest BCUT2D eigenvalue weighted by atomic mass is 9.89. The van der Waals surface area contributed by atoms with Crippen molar-refractivity contribution in [2.24, 2.45) is 11.7 Å². The first kappa shape index (κ1) is 25.7. The van der Waals surface area contributed by atoms with Gasteiger partial charge in [-0.25, -0.2) is 4.98 Å². The van der Waals surface area contributed by atoms with Gasteiger partial charge in [0.05, 0.1) is 36.6 Å². The van der Waals surface area contributed by atoms with Crippen molar-refractivity contribution in [1.82, 2.24) is 24.6 Å². The van der Waals surface area contributed by atoms with Crippen LogP contribution in [0.1, 0.15) is 54.2 Å². The number of pyridine rings is 1. The Balaban J connectivity index is 1.37. The van der Waals surface area contributed by atoms with Gasteiger partial charge in [0, 0.05) is 24.7 Å². The Hall–Kier alpha value is -3.99. The lowest BCUT2D eigenvalue weighted by molar-refractivity contribution is -0.146. The smallest absolute Gasteiger partial charge is 0.313 e. The Morgan fingerprint density at radius 2 is 1.95 bits per heavy atom. The highest BCUT2D eigenvalue weighted by Gasteiger charge is 2.34. The van der Waals surface area contributed by atoms with Gasteiger partial charge in [0.15, 0.2) is 0 Å². The summed E-state index contributed by atoms with van der Waals surface area (Å²) in [4.78, 5) is 46.1. The molecule has 38 heavy (non-hydrogen) atoms. The predicted octanol–water partition coefficient (Wildman–Crippen LogP) is 2.35. The van der Waals surface area contributed by atoms with Crippen molar-refractivity contribution in [2.45, 2.75) is 38.3 Å². The van der Waals surface area contributed by atoms with E-state index in [9.17, 15) is 14.4 Å². The molecule has 2 aliphatic rings. The van der Waals surface area contributed by atoms with Gasteiger partial charge in [-0.2, -0.15) is 5.10 Å². The summed E-state index contributed by atoms with van der Waals surface area (Å²) in [6, 6.07) is 7.57. The van der Waals surface area contributed by atoms with E-state index in [1.165, 1.54) is 19.4 Å². The summed E-state index contributed by atoms with van der Waals surface area (Å²) in [5, 5.41) is 8.47. The standard InChI is InChI=1S/C27H33N7O4/c1-16-4-7-23(17-5-6-18-14-34(31-22(18)10-17)20-8-9-32(2)15-20)33(13-16)27(37)25(36)30-19-11-21(24(28)35)26(38-3)29-12-19/h5-6,10-12,14,16,20,23H,4,7-9,13,15H2,1-3H3,(H2,28,35)(H,30,36)/t16-,20+,23+/m0/s1. The number of amides is 3. The minimum atomic E-state index is -0.804. The molecule has 0 aliphatic carbocycles. The molecule has 0 spiro atoms. The maximum Gasteiger partial charge on any atom is 0.313 e. The van der Waals surface area contributed by atoms with Gasteiger partial charge < -0.3 is 25.6 Å². The van der Waals surface area contributed by atoms with Crippen LogP contribution in [-0.4, -0.2) is 76.1 Å². The van der Waals surface area contributed by atoms with E-state index in [4.69, 9.17) is 15.6 Å². The third kappa shape index (κ3) is 5.06. The number of rotatable bonds is 5. The minimum absolute atomic E-state index is 0.0132. The normalized spacial score (nSPS) is 22.0. The number of anilines is 1. The summed E-state index contributed by atoms with van der Waals surface area (Å²) in [5.41, 5.74) is 7.43. The summed E-state index contributed by atoms with van der Waals surface area (Å²) in [5.74, 6) is -1.89. The van der Waals surface area contributed by atoms with Crippen molar-refractivity contribution in [3.05, 3.63) is 47.8 Å². The van der Waals surface area contributed by atoms with Gasteiger partial charge in [-0.1, -0.05) is 19.1 Å². The van der Waals surface area contributed by atoms with Crippen LogP contribution in [0, 0.1) is 5.92 Å². The van der Waals surface area contributed by atoms with E-state index in [0.29, 0.717) is 12.6 Å². The third-order valence-electron chi connectivity index (χ3n) is 7.51. The molecule has 11 nitrogen and oxygen atoms in total. The monoisotopic (exact) mass is 519 g/mol. The largest absolute Gasteiger partial charge is 0.480 e. The SMILES string of the molecule is COc1ncc(NC(=O)C(=O)N2C[C@@H](C)CC[C@@H]2c2ccc3cn([C@@H]4CCN(C)C4)nc3c2)cc1C(N)=O. The van der Waals surface area contributed by atoms with Gasteiger partial charge >= 0.3 is 11.8 Å². The summed E-state index contributed by atoms with van der Waals surface area (Å²) in [6.07, 6.45) is 6.17. The fourth-order valence-electron chi connectivity index (χ4n) is 5.47. The van der Waals surface area contributed by atoms with Crippen molar-refractivity contribution in [3.8, 4) is 5.88 Å². The number of hydrogen-bond acceptors (Lipinski definition) is 7. The van der Waals surface area contributed by atoms with Crippen molar-refractivity contribution in [1.29, 1.82) is 0 Å². The molecule has 0 saturated carbocycles. The zero-order chi connectivity index (χ0) is 27.0. The second-order valence-corrected chi connectivity index (χ2v) is 10.4. The first-order valence-corrected chi connectivity index (χ1v) is 12.9. The summed E-state index contributed by atoms with van der Waals surface area (Å²) >= 11 is 0. The molecule has 3 aromatic rings. The Bertz CT molecular complexity index is 1390. The molecule has 1 aromatic carbocycles. The Morgan fingerprint density at radius 3 is 2.66 bits per heavy atom. The number of nitrogens with two attached hydrogens (primary N) is 1. The summed E-state index contributed by atoms with van der Waals surface area (Å²) in [7, 11) is 3.48. The molecular weight excluding hydrogens is 486 g/mol. The van der Waals surface area contributed by atoms with E-state index in [1.54, 1.807) is 4.90 Å². The quantitative estimate of drug-likeness (QED) is 0.494. The second kappa shape index (κ2) is 10.4. The van der Waals surface area contributed by atoms with Crippen LogP contribution in [0.25, 0.3) is 10.9 Å². The van der Waals surface area contributed by atoms with Crippen molar-refractivity contribution >= 4 is 34.3 Å². The lowest BCUT2D eigenvalue weighted by Gasteiger charge is -2.38. The topological polar surface area (TPSA) is 136 Å². The van der Waals surface area contributed by atoms with E-state index in [2.05, 4.69) is 40.1 Å². The number of primary amides is 1. The van der Waals surface area contributed by atoms with E-state index >= 15 is 0 Å². The van der Waals surface area contributed by atoms with E-state index in [1.807, 2.05) is 18.2 Å². The Labute approximate surface area is 220 Å². The number of aromatic nitrogens is 3. The maximum atomic E-state index is 13.4. The minimum Gasteiger partial charge on any atom is -0.480 e. The molecule has 2 aromatic heterocycles. The first-order valence-electron chi connectivity index (χ1n) is 12.9. The van der Waals surface area contributed by atoms with Crippen LogP contribution in [0.4, 0.5) is 5.69 Å². The molecule has 3 amide bonds. The number of fused-ring (bicyclic) bond motifs is 1. The number of methoxy groups -OCH3 is 1. The number of carbonyl (C=O) groups is 3. The highest BCUT2D eigenvalue weighted by atomic mass is 16.5. The van der Waals surface area contributed by atoms with Crippen LogP contribution in [-0.2, 0) is 9.59 Å². The second-order valence-electron chi connectivity index (χ2n) is 10.4. The molecule has 5 rings (SSSR count). The molecule has 3 N–H and O–H groups in total. The van der Waals surface area contributed by atoms with E-state index in [-0.39, 0.29) is 29.1 Å². The van der Waals surface area contributed by atoms with Crippen LogP contribution >= 0.6 is 0 Å². The number of piperidine rings is 1. The van der Waals surface area contributed by atoms with Crippen LogP contribution in [0.15, 0.2) is 36.7 Å². The molecule has 200 valence electrons.